The molecule has 8 nitrogen and oxygen atoms in total. The number of aryl methyl sites for hydroxylation is 1. The largest absolute Gasteiger partial charge is 0.461 e. The number of nitrogens with zero attached hydrogens (tertiary/aromatic N) is 3. The van der Waals surface area contributed by atoms with Crippen molar-refractivity contribution in [3.8, 4) is 11.6 Å². The van der Waals surface area contributed by atoms with Gasteiger partial charge in [-0.3, -0.25) is 14.2 Å². The number of nitrogens with two attached hydrogens (primary N) is 1. The highest BCUT2D eigenvalue weighted by Gasteiger charge is 2.28. The number of nitrogens with one attached hydrogen (secondary N) is 1. The topological polar surface area (TPSA) is 116 Å². The number of aromatic nitrogens is 3. The molecule has 1 aliphatic rings. The minimum atomic E-state index is -0.499. The Morgan fingerprint density at radius 1 is 1.21 bits per heavy atom. The summed E-state index contributed by atoms with van der Waals surface area (Å²) in [5.41, 5.74) is 8.15. The number of furan rings is 1. The van der Waals surface area contributed by atoms with E-state index in [0.717, 1.165) is 35.3 Å². The summed E-state index contributed by atoms with van der Waals surface area (Å²) in [5.74, 6) is 0.475. The average molecular weight is 494 g/mol. The normalized spacial score (nSPS) is 13.6. The number of hydrogen-bond donors (Lipinski definition) is 2. The highest BCUT2D eigenvalue weighted by molar-refractivity contribution is 8.00. The number of thiophene rings is 1. The first-order valence-electron chi connectivity index (χ1n) is 10.9. The van der Waals surface area contributed by atoms with Crippen LogP contribution in [0, 0.1) is 0 Å². The number of primary amides is 1. The van der Waals surface area contributed by atoms with Gasteiger partial charge in [0.25, 0.3) is 5.91 Å². The van der Waals surface area contributed by atoms with Gasteiger partial charge in [0.1, 0.15) is 5.00 Å². The minimum absolute atomic E-state index is 0.221. The molecule has 1 aliphatic carbocycles. The molecular weight excluding hydrogens is 470 g/mol. The predicted molar refractivity (Wildman–Crippen MR) is 132 cm³/mol. The smallest absolute Gasteiger partial charge is 0.251 e. The van der Waals surface area contributed by atoms with E-state index in [-0.39, 0.29) is 5.91 Å². The Balaban J connectivity index is 1.38. The van der Waals surface area contributed by atoms with Crippen molar-refractivity contribution in [1.82, 2.24) is 14.8 Å². The Labute approximate surface area is 204 Å². The summed E-state index contributed by atoms with van der Waals surface area (Å²) in [6, 6.07) is 13.6. The molecule has 0 bridgehead atoms. The van der Waals surface area contributed by atoms with E-state index >= 15 is 0 Å². The van der Waals surface area contributed by atoms with E-state index in [4.69, 9.17) is 10.2 Å². The molecule has 3 heterocycles. The van der Waals surface area contributed by atoms with Crippen LogP contribution in [0.3, 0.4) is 0 Å². The average Bonchev–Trinajstić information content (AvgIpc) is 3.59. The number of anilines is 1. The molecule has 4 aromatic rings. The second-order valence-electron chi connectivity index (χ2n) is 8.03. The number of fused-ring (bicyclic) bond motifs is 1. The van der Waals surface area contributed by atoms with Gasteiger partial charge in [-0.2, -0.15) is 0 Å². The maximum Gasteiger partial charge on any atom is 0.251 e. The SMILES string of the molecule is C[C@H](Sc1nnc(-c2ccco2)n1Cc1ccccc1)C(=O)Nc1sc2c(c1C(N)=O)CCC2. The molecular formula is C24H23N5O3S2. The molecule has 0 fully saturated rings. The number of amides is 2. The molecule has 1 aromatic carbocycles. The molecule has 2 amide bonds. The van der Waals surface area contributed by atoms with Crippen molar-refractivity contribution in [3.05, 3.63) is 70.3 Å². The van der Waals surface area contributed by atoms with Crippen LogP contribution in [0.4, 0.5) is 5.00 Å². The van der Waals surface area contributed by atoms with Gasteiger partial charge in [0.05, 0.1) is 23.6 Å². The summed E-state index contributed by atoms with van der Waals surface area (Å²) < 4.78 is 7.50. The molecule has 1 atom stereocenters. The Kier molecular flexibility index (Phi) is 6.25. The first-order valence-corrected chi connectivity index (χ1v) is 12.6. The summed E-state index contributed by atoms with van der Waals surface area (Å²) in [4.78, 5) is 26.3. The fourth-order valence-electron chi connectivity index (χ4n) is 4.05. The Morgan fingerprint density at radius 3 is 2.76 bits per heavy atom. The summed E-state index contributed by atoms with van der Waals surface area (Å²) >= 11 is 2.75. The third-order valence-corrected chi connectivity index (χ3v) is 7.99. The lowest BCUT2D eigenvalue weighted by molar-refractivity contribution is -0.115. The maximum atomic E-state index is 13.1. The molecule has 5 rings (SSSR count). The molecule has 10 heteroatoms. The molecule has 174 valence electrons. The first-order chi connectivity index (χ1) is 16.5. The van der Waals surface area contributed by atoms with Crippen molar-refractivity contribution >= 4 is 39.9 Å². The number of carbonyl (C=O) groups excluding carboxylic acids is 2. The standard InChI is InChI=1S/C24H23N5O3S2/c1-14(22(31)26-23-19(20(25)30)16-9-5-11-18(16)34-23)33-24-28-27-21(17-10-6-12-32-17)29(24)13-15-7-3-2-4-8-15/h2-4,6-8,10,12,14H,5,9,11,13H2,1H3,(H2,25,30)(H,26,31)/t14-/m0/s1. The Morgan fingerprint density at radius 2 is 2.03 bits per heavy atom. The molecule has 3 aromatic heterocycles. The molecule has 0 radical (unpaired) electrons. The Hall–Kier alpha value is -3.37. The summed E-state index contributed by atoms with van der Waals surface area (Å²) in [6.07, 6.45) is 4.34. The van der Waals surface area contributed by atoms with Gasteiger partial charge in [0, 0.05) is 4.88 Å². The second-order valence-corrected chi connectivity index (χ2v) is 10.4. The molecule has 0 spiro atoms. The highest BCUT2D eigenvalue weighted by atomic mass is 32.2. The van der Waals surface area contributed by atoms with Crippen molar-refractivity contribution in [2.24, 2.45) is 5.73 Å². The number of carbonyl (C=O) groups is 2. The van der Waals surface area contributed by atoms with Crippen LogP contribution < -0.4 is 11.1 Å². The molecule has 0 aliphatic heterocycles. The lowest BCUT2D eigenvalue weighted by atomic mass is 10.1. The predicted octanol–water partition coefficient (Wildman–Crippen LogP) is 4.35. The molecule has 0 unspecified atom stereocenters. The summed E-state index contributed by atoms with van der Waals surface area (Å²) in [6.45, 7) is 2.34. The van der Waals surface area contributed by atoms with Gasteiger partial charge < -0.3 is 15.5 Å². The van der Waals surface area contributed by atoms with Crippen molar-refractivity contribution < 1.29 is 14.0 Å². The van der Waals surface area contributed by atoms with E-state index in [0.29, 0.717) is 33.9 Å². The van der Waals surface area contributed by atoms with Crippen molar-refractivity contribution in [2.75, 3.05) is 5.32 Å². The van der Waals surface area contributed by atoms with Crippen LogP contribution in [0.5, 0.6) is 0 Å². The number of thioether (sulfide) groups is 1. The van der Waals surface area contributed by atoms with E-state index in [1.807, 2.05) is 41.0 Å². The van der Waals surface area contributed by atoms with Crippen LogP contribution in [0.15, 0.2) is 58.3 Å². The second kappa shape index (κ2) is 9.47. The number of rotatable bonds is 8. The van der Waals surface area contributed by atoms with Crippen molar-refractivity contribution in [3.63, 3.8) is 0 Å². The zero-order valence-electron chi connectivity index (χ0n) is 18.5. The van der Waals surface area contributed by atoms with Gasteiger partial charge in [0.2, 0.25) is 11.7 Å². The minimum Gasteiger partial charge on any atom is -0.461 e. The third kappa shape index (κ3) is 4.38. The van der Waals surface area contributed by atoms with Crippen LogP contribution in [-0.4, -0.2) is 31.8 Å². The zero-order valence-corrected chi connectivity index (χ0v) is 20.1. The molecule has 0 saturated carbocycles. The van der Waals surface area contributed by atoms with Gasteiger partial charge in [0.15, 0.2) is 10.9 Å². The van der Waals surface area contributed by atoms with Gasteiger partial charge in [-0.05, 0) is 49.4 Å². The van der Waals surface area contributed by atoms with Gasteiger partial charge in [-0.1, -0.05) is 42.1 Å². The first kappa shape index (κ1) is 22.4. The molecule has 0 saturated heterocycles. The third-order valence-electron chi connectivity index (χ3n) is 5.70. The zero-order chi connectivity index (χ0) is 23.7. The van der Waals surface area contributed by atoms with Crippen molar-refractivity contribution in [2.45, 2.75) is 43.1 Å². The van der Waals surface area contributed by atoms with Crippen LogP contribution in [0.2, 0.25) is 0 Å². The summed E-state index contributed by atoms with van der Waals surface area (Å²) in [7, 11) is 0. The van der Waals surface area contributed by atoms with E-state index in [1.54, 1.807) is 19.3 Å². The number of hydrogen-bond acceptors (Lipinski definition) is 7. The van der Waals surface area contributed by atoms with Crippen LogP contribution in [0.25, 0.3) is 11.6 Å². The monoisotopic (exact) mass is 493 g/mol. The van der Waals surface area contributed by atoms with Crippen LogP contribution in [-0.2, 0) is 24.2 Å². The Bertz CT molecular complexity index is 1330. The fraction of sp³-hybridized carbons (Fsp3) is 0.250. The van der Waals surface area contributed by atoms with Gasteiger partial charge >= 0.3 is 0 Å². The van der Waals surface area contributed by atoms with Crippen molar-refractivity contribution in [1.29, 1.82) is 0 Å². The van der Waals surface area contributed by atoms with Gasteiger partial charge in [-0.15, -0.1) is 21.5 Å². The van der Waals surface area contributed by atoms with E-state index in [2.05, 4.69) is 15.5 Å². The maximum absolute atomic E-state index is 13.1. The van der Waals surface area contributed by atoms with E-state index in [9.17, 15) is 9.59 Å². The van der Waals surface area contributed by atoms with Crippen LogP contribution in [0.1, 0.15) is 39.7 Å². The quantitative estimate of drug-likeness (QED) is 0.353. The molecule has 3 N–H and O–H groups in total. The molecule has 34 heavy (non-hydrogen) atoms. The lowest BCUT2D eigenvalue weighted by Crippen LogP contribution is -2.24. The highest BCUT2D eigenvalue weighted by Crippen LogP contribution is 2.39. The number of benzene rings is 1. The van der Waals surface area contributed by atoms with E-state index < -0.39 is 11.2 Å². The van der Waals surface area contributed by atoms with Gasteiger partial charge in [-0.25, -0.2) is 0 Å². The fourth-order valence-corrected chi connectivity index (χ4v) is 6.20. The summed E-state index contributed by atoms with van der Waals surface area (Å²) in [5, 5.41) is 12.3. The van der Waals surface area contributed by atoms with E-state index in [1.165, 1.54) is 23.1 Å². The lowest BCUT2D eigenvalue weighted by Gasteiger charge is -2.14. The van der Waals surface area contributed by atoms with Crippen LogP contribution >= 0.6 is 23.1 Å².